The van der Waals surface area contributed by atoms with Gasteiger partial charge < -0.3 is 14.6 Å². The Hall–Kier alpha value is -3.91. The third kappa shape index (κ3) is 7.22. The lowest BCUT2D eigenvalue weighted by molar-refractivity contribution is -0.268. The summed E-state index contributed by atoms with van der Waals surface area (Å²) in [6.07, 6.45) is -1.03. The summed E-state index contributed by atoms with van der Waals surface area (Å²) in [4.78, 5) is 0.228. The fourth-order valence-corrected chi connectivity index (χ4v) is 7.48. The number of tetrazole rings is 1. The Balaban J connectivity index is 1.22. The second kappa shape index (κ2) is 14.2. The monoisotopic (exact) mass is 657 g/mol. The molecule has 5 aromatic rings. The van der Waals surface area contributed by atoms with E-state index in [1.165, 1.54) is 11.8 Å². The Morgan fingerprint density at radius 2 is 1.59 bits per heavy atom. The summed E-state index contributed by atoms with van der Waals surface area (Å²) >= 11 is 1.54. The summed E-state index contributed by atoms with van der Waals surface area (Å²) in [5, 5.41) is 22.0. The van der Waals surface area contributed by atoms with Crippen LogP contribution >= 0.6 is 11.8 Å². The van der Waals surface area contributed by atoms with E-state index in [-0.39, 0.29) is 36.2 Å². The number of hydrogen-bond donors (Lipinski definition) is 2. The van der Waals surface area contributed by atoms with Crippen LogP contribution in [-0.2, 0) is 39.7 Å². The zero-order chi connectivity index (χ0) is 32.1. The van der Waals surface area contributed by atoms with Crippen molar-refractivity contribution in [2.45, 2.75) is 48.6 Å². The van der Waals surface area contributed by atoms with E-state index in [1.807, 2.05) is 79.8 Å². The van der Waals surface area contributed by atoms with Crippen LogP contribution < -0.4 is 4.72 Å². The molecule has 1 aromatic heterocycles. The number of sulfonamides is 1. The summed E-state index contributed by atoms with van der Waals surface area (Å²) in [7, 11) is -1.84. The first-order valence-electron chi connectivity index (χ1n) is 14.9. The minimum atomic E-state index is -3.65. The third-order valence-corrected chi connectivity index (χ3v) is 10.6. The Labute approximate surface area is 272 Å². The maximum absolute atomic E-state index is 12.9. The molecule has 0 unspecified atom stereocenters. The van der Waals surface area contributed by atoms with Crippen LogP contribution in [0.15, 0.2) is 113 Å². The number of aliphatic hydroxyl groups excluding tert-OH is 1. The van der Waals surface area contributed by atoms with E-state index in [1.54, 1.807) is 35.0 Å². The lowest BCUT2D eigenvalue weighted by Gasteiger charge is -2.41. The van der Waals surface area contributed by atoms with Gasteiger partial charge >= 0.3 is 0 Å². The van der Waals surface area contributed by atoms with Crippen molar-refractivity contribution in [1.29, 1.82) is 0 Å². The number of nitrogens with zero attached hydrogens (tertiary/aromatic N) is 4. The van der Waals surface area contributed by atoms with Gasteiger partial charge in [-0.1, -0.05) is 110 Å². The zero-order valence-corrected chi connectivity index (χ0v) is 27.1. The molecule has 2 heterocycles. The number of thioether (sulfide) groups is 1. The summed E-state index contributed by atoms with van der Waals surface area (Å²) in [6.45, 7) is 2.25. The third-order valence-electron chi connectivity index (χ3n) is 8.10. The van der Waals surface area contributed by atoms with Crippen molar-refractivity contribution < 1.29 is 23.0 Å². The standard InChI is InChI=1S/C34H35N5O5S2/c1-23-31(22-45-34-36-37-38-39(34)2)43-33(44-32(23)26-14-12-24(21-40)13-15-26)27-18-16-25(17-19-27)30-11-7-6-8-28(30)20-35-46(41,42)29-9-4-3-5-10-29/h3-19,23,31-33,35,40H,20-22H2,1-2H3/t23-,31+,32+,33+/m1/s1. The SMILES string of the molecule is C[C@@H]1[C@H](CSc2nnnn2C)O[C@H](c2ccc(-c3ccccc3CNS(=O)(=O)c3ccccc3)cc2)O[C@@H]1c1ccc(CO)cc1. The highest BCUT2D eigenvalue weighted by Gasteiger charge is 2.38. The molecule has 6 rings (SSSR count). The molecule has 0 amide bonds. The zero-order valence-electron chi connectivity index (χ0n) is 25.4. The minimum absolute atomic E-state index is 0.0214. The highest BCUT2D eigenvalue weighted by Crippen LogP contribution is 2.43. The molecule has 1 aliphatic heterocycles. The minimum Gasteiger partial charge on any atom is -0.392 e. The van der Waals surface area contributed by atoms with Crippen LogP contribution in [0.2, 0.25) is 0 Å². The Bertz CT molecular complexity index is 1850. The molecule has 2 N–H and O–H groups in total. The average Bonchev–Trinajstić information content (AvgIpc) is 3.52. The maximum Gasteiger partial charge on any atom is 0.240 e. The summed E-state index contributed by atoms with van der Waals surface area (Å²) in [6, 6.07) is 31.9. The summed E-state index contributed by atoms with van der Waals surface area (Å²) in [5.74, 6) is 0.654. The van der Waals surface area contributed by atoms with Gasteiger partial charge in [0.1, 0.15) is 0 Å². The van der Waals surface area contributed by atoms with Crippen LogP contribution in [0.3, 0.4) is 0 Å². The van der Waals surface area contributed by atoms with Gasteiger partial charge in [-0.3, -0.25) is 0 Å². The Kier molecular flexibility index (Phi) is 9.92. The largest absolute Gasteiger partial charge is 0.392 e. The van der Waals surface area contributed by atoms with Gasteiger partial charge in [0.05, 0.1) is 23.7 Å². The van der Waals surface area contributed by atoms with Gasteiger partial charge in [0.2, 0.25) is 15.2 Å². The topological polar surface area (TPSA) is 128 Å². The smallest absolute Gasteiger partial charge is 0.240 e. The second-order valence-corrected chi connectivity index (χ2v) is 13.9. The Morgan fingerprint density at radius 3 is 2.28 bits per heavy atom. The van der Waals surface area contributed by atoms with E-state index in [4.69, 9.17) is 9.47 Å². The molecule has 4 aromatic carbocycles. The molecule has 1 aliphatic rings. The van der Waals surface area contributed by atoms with E-state index in [9.17, 15) is 13.5 Å². The van der Waals surface area contributed by atoms with Crippen molar-refractivity contribution in [3.05, 3.63) is 125 Å². The first kappa shape index (κ1) is 32.0. The molecular formula is C34H35N5O5S2. The average molecular weight is 658 g/mol. The predicted octanol–water partition coefficient (Wildman–Crippen LogP) is 5.43. The molecule has 0 saturated carbocycles. The normalized spacial score (nSPS) is 20.1. The number of hydrogen-bond acceptors (Lipinski definition) is 9. The molecule has 1 saturated heterocycles. The van der Waals surface area contributed by atoms with Crippen molar-refractivity contribution in [3.63, 3.8) is 0 Å². The summed E-state index contributed by atoms with van der Waals surface area (Å²) < 4.78 is 43.2. The van der Waals surface area contributed by atoms with E-state index >= 15 is 0 Å². The molecule has 4 atom stereocenters. The molecule has 0 aliphatic carbocycles. The predicted molar refractivity (Wildman–Crippen MR) is 175 cm³/mol. The van der Waals surface area contributed by atoms with Gasteiger partial charge in [0, 0.05) is 30.8 Å². The molecule has 1 fully saturated rings. The number of rotatable bonds is 11. The lowest BCUT2D eigenvalue weighted by Crippen LogP contribution is -2.38. The van der Waals surface area contributed by atoms with Gasteiger partial charge in [-0.25, -0.2) is 17.8 Å². The van der Waals surface area contributed by atoms with Gasteiger partial charge in [-0.2, -0.15) is 0 Å². The molecule has 0 bridgehead atoms. The molecule has 46 heavy (non-hydrogen) atoms. The van der Waals surface area contributed by atoms with Gasteiger partial charge in [-0.15, -0.1) is 5.10 Å². The quantitative estimate of drug-likeness (QED) is 0.179. The molecule has 10 nitrogen and oxygen atoms in total. The molecular weight excluding hydrogens is 623 g/mol. The highest BCUT2D eigenvalue weighted by atomic mass is 32.2. The van der Waals surface area contributed by atoms with Crippen LogP contribution in [0.4, 0.5) is 0 Å². The fraction of sp³-hybridized carbons (Fsp3) is 0.265. The number of benzene rings is 4. The van der Waals surface area contributed by atoms with Crippen LogP contribution in [0.25, 0.3) is 11.1 Å². The number of aromatic nitrogens is 4. The van der Waals surface area contributed by atoms with Gasteiger partial charge in [0.25, 0.3) is 0 Å². The lowest BCUT2D eigenvalue weighted by atomic mass is 9.91. The van der Waals surface area contributed by atoms with Crippen LogP contribution in [0.1, 0.15) is 41.6 Å². The fourth-order valence-electron chi connectivity index (χ4n) is 5.44. The van der Waals surface area contributed by atoms with Crippen LogP contribution in [0, 0.1) is 5.92 Å². The number of ether oxygens (including phenoxy) is 2. The van der Waals surface area contributed by atoms with Crippen molar-refractivity contribution in [2.75, 3.05) is 5.75 Å². The Morgan fingerprint density at radius 1 is 0.891 bits per heavy atom. The van der Waals surface area contributed by atoms with E-state index in [2.05, 4.69) is 27.2 Å². The number of nitrogens with one attached hydrogen (secondary N) is 1. The van der Waals surface area contributed by atoms with E-state index in [0.29, 0.717) is 10.9 Å². The molecule has 0 radical (unpaired) electrons. The first-order valence-corrected chi connectivity index (χ1v) is 17.4. The van der Waals surface area contributed by atoms with Crippen LogP contribution in [-0.4, -0.2) is 45.6 Å². The first-order chi connectivity index (χ1) is 22.3. The van der Waals surface area contributed by atoms with Crippen molar-refractivity contribution in [3.8, 4) is 11.1 Å². The van der Waals surface area contributed by atoms with Crippen molar-refractivity contribution >= 4 is 21.8 Å². The van der Waals surface area contributed by atoms with Crippen molar-refractivity contribution in [1.82, 2.24) is 24.9 Å². The van der Waals surface area contributed by atoms with Gasteiger partial charge in [0.15, 0.2) is 6.29 Å². The van der Waals surface area contributed by atoms with E-state index in [0.717, 1.165) is 33.4 Å². The number of aliphatic hydroxyl groups is 1. The maximum atomic E-state index is 12.9. The van der Waals surface area contributed by atoms with E-state index < -0.39 is 16.3 Å². The molecule has 238 valence electrons. The summed E-state index contributed by atoms with van der Waals surface area (Å²) in [5.41, 5.74) is 5.45. The van der Waals surface area contributed by atoms with Crippen molar-refractivity contribution in [2.24, 2.45) is 13.0 Å². The highest BCUT2D eigenvalue weighted by molar-refractivity contribution is 7.99. The number of aryl methyl sites for hydroxylation is 1. The van der Waals surface area contributed by atoms with Crippen LogP contribution in [0.5, 0.6) is 0 Å². The molecule has 12 heteroatoms. The van der Waals surface area contributed by atoms with Gasteiger partial charge in [-0.05, 0) is 50.4 Å². The second-order valence-electron chi connectivity index (χ2n) is 11.1. The molecule has 0 spiro atoms.